The zero-order valence-corrected chi connectivity index (χ0v) is 18.7. The van der Waals surface area contributed by atoms with Crippen molar-refractivity contribution in [1.29, 1.82) is 0 Å². The fourth-order valence-electron chi connectivity index (χ4n) is 2.34. The minimum absolute atomic E-state index is 0.331. The lowest BCUT2D eigenvalue weighted by molar-refractivity contribution is -0.0244. The maximum atomic E-state index is 12.3. The summed E-state index contributed by atoms with van der Waals surface area (Å²) in [4.78, 5) is 34.8. The van der Waals surface area contributed by atoms with Gasteiger partial charge in [-0.1, -0.05) is 0 Å². The topological polar surface area (TPSA) is 191 Å². The molecule has 2 heterocycles. The molecule has 1 fully saturated rings. The van der Waals surface area contributed by atoms with Gasteiger partial charge in [-0.15, -0.1) is 0 Å². The number of phosphoric acid groups is 3. The van der Waals surface area contributed by atoms with E-state index >= 15 is 0 Å². The van der Waals surface area contributed by atoms with Crippen molar-refractivity contribution in [2.45, 2.75) is 25.2 Å². The maximum absolute atomic E-state index is 12.3. The third-order valence-electron chi connectivity index (χ3n) is 3.74. The Balaban J connectivity index is 1.97. The van der Waals surface area contributed by atoms with Gasteiger partial charge in [-0.25, -0.2) is 18.5 Å². The molecular formula is C12H21N2O13P3. The van der Waals surface area contributed by atoms with Crippen LogP contribution in [0.3, 0.4) is 0 Å². The molecule has 0 bridgehead atoms. The van der Waals surface area contributed by atoms with Crippen LogP contribution >= 0.6 is 23.5 Å². The summed E-state index contributed by atoms with van der Waals surface area (Å²) in [5.74, 6) is 0. The molecule has 2 rings (SSSR count). The minimum atomic E-state index is -5.04. The third kappa shape index (κ3) is 6.78. The molecule has 4 unspecified atom stereocenters. The van der Waals surface area contributed by atoms with E-state index in [-0.39, 0.29) is 0 Å². The van der Waals surface area contributed by atoms with Gasteiger partial charge in [-0.2, -0.15) is 8.62 Å². The van der Waals surface area contributed by atoms with Crippen LogP contribution in [-0.2, 0) is 45.1 Å². The standard InChI is InChI=1S/C12H21N2O13P3/c1-21-29(19,22-2)27-30(20,23-3)26-28(17,18)24-8-9-4-5-11(25-9)14-7-6-10(15)13-12(14)16/h6-7,9,11H,4-5,8H2,1-3H3,(H,17,18)(H,13,15,16). The van der Waals surface area contributed by atoms with Gasteiger partial charge in [0.25, 0.3) is 5.56 Å². The van der Waals surface area contributed by atoms with E-state index < -0.39 is 53.7 Å². The molecule has 0 aliphatic carbocycles. The monoisotopic (exact) mass is 494 g/mol. The van der Waals surface area contributed by atoms with Crippen LogP contribution in [0.25, 0.3) is 0 Å². The number of nitrogens with zero attached hydrogens (tertiary/aromatic N) is 1. The largest absolute Gasteiger partial charge is 0.492 e. The normalized spacial score (nSPS) is 23.7. The summed E-state index contributed by atoms with van der Waals surface area (Å²) in [7, 11) is -11.7. The predicted molar refractivity (Wildman–Crippen MR) is 98.7 cm³/mol. The highest BCUT2D eigenvalue weighted by molar-refractivity contribution is 7.67. The molecule has 0 radical (unpaired) electrons. The lowest BCUT2D eigenvalue weighted by Gasteiger charge is -2.22. The van der Waals surface area contributed by atoms with Gasteiger partial charge in [0.15, 0.2) is 0 Å². The van der Waals surface area contributed by atoms with Gasteiger partial charge in [0.1, 0.15) is 6.23 Å². The lowest BCUT2D eigenvalue weighted by atomic mass is 10.2. The number of nitrogens with one attached hydrogen (secondary N) is 1. The smallest absolute Gasteiger partial charge is 0.352 e. The Morgan fingerprint density at radius 2 is 1.73 bits per heavy atom. The van der Waals surface area contributed by atoms with Crippen LogP contribution in [-0.4, -0.2) is 48.5 Å². The Kier molecular flexibility index (Phi) is 8.53. The van der Waals surface area contributed by atoms with Gasteiger partial charge in [-0.3, -0.25) is 32.4 Å². The highest BCUT2D eigenvalue weighted by Crippen LogP contribution is 2.71. The summed E-state index contributed by atoms with van der Waals surface area (Å²) in [6.45, 7) is -0.488. The molecule has 1 saturated heterocycles. The Hall–Kier alpha value is -0.950. The first kappa shape index (κ1) is 25.3. The van der Waals surface area contributed by atoms with Crippen LogP contribution in [0.2, 0.25) is 0 Å². The first-order chi connectivity index (χ1) is 13.9. The molecule has 1 aromatic heterocycles. The van der Waals surface area contributed by atoms with E-state index in [1.807, 2.05) is 0 Å². The van der Waals surface area contributed by atoms with Crippen LogP contribution in [0, 0.1) is 0 Å². The van der Waals surface area contributed by atoms with E-state index in [0.717, 1.165) is 32.0 Å². The van der Waals surface area contributed by atoms with E-state index in [4.69, 9.17) is 9.26 Å². The zero-order valence-electron chi connectivity index (χ0n) is 16.1. The van der Waals surface area contributed by atoms with Crippen molar-refractivity contribution >= 4 is 23.5 Å². The molecule has 0 amide bonds. The highest BCUT2D eigenvalue weighted by Gasteiger charge is 2.45. The number of ether oxygens (including phenoxy) is 1. The van der Waals surface area contributed by atoms with Gasteiger partial charge in [0, 0.05) is 33.6 Å². The van der Waals surface area contributed by atoms with Crippen molar-refractivity contribution in [2.75, 3.05) is 27.9 Å². The summed E-state index contributed by atoms with van der Waals surface area (Å²) in [5, 5.41) is 0. The van der Waals surface area contributed by atoms with Gasteiger partial charge >= 0.3 is 29.2 Å². The molecule has 18 heteroatoms. The van der Waals surface area contributed by atoms with Crippen LogP contribution < -0.4 is 11.2 Å². The number of aromatic nitrogens is 2. The Morgan fingerprint density at radius 1 is 1.10 bits per heavy atom. The molecule has 1 aliphatic heterocycles. The first-order valence-electron chi connectivity index (χ1n) is 8.19. The van der Waals surface area contributed by atoms with E-state index in [2.05, 4.69) is 27.2 Å². The summed E-state index contributed by atoms with van der Waals surface area (Å²) >= 11 is 0. The van der Waals surface area contributed by atoms with Crippen LogP contribution in [0.15, 0.2) is 21.9 Å². The van der Waals surface area contributed by atoms with Crippen LogP contribution in [0.1, 0.15) is 19.1 Å². The van der Waals surface area contributed by atoms with Gasteiger partial charge in [0.2, 0.25) is 0 Å². The Bertz CT molecular complexity index is 982. The van der Waals surface area contributed by atoms with Gasteiger partial charge in [0.05, 0.1) is 12.7 Å². The summed E-state index contributed by atoms with van der Waals surface area (Å²) in [6, 6.07) is 1.14. The van der Waals surface area contributed by atoms with E-state index in [1.54, 1.807) is 0 Å². The quantitative estimate of drug-likeness (QED) is 0.421. The first-order valence-corrected chi connectivity index (χ1v) is 12.6. The SMILES string of the molecule is COP(=O)(OC)OP(=O)(OC)OP(=O)(O)OCC1CCC(n2ccc(=O)[nH]c2=O)O1. The number of hydrogen-bond donors (Lipinski definition) is 2. The third-order valence-corrected chi connectivity index (χ3v) is 8.79. The highest BCUT2D eigenvalue weighted by atomic mass is 31.3. The van der Waals surface area contributed by atoms with Crippen molar-refractivity contribution < 1.29 is 50.0 Å². The average molecular weight is 494 g/mol. The van der Waals surface area contributed by atoms with Crippen molar-refractivity contribution in [3.63, 3.8) is 0 Å². The second kappa shape index (κ2) is 10.1. The number of phosphoric ester groups is 2. The molecule has 4 atom stereocenters. The number of H-pyrrole nitrogens is 1. The fraction of sp³-hybridized carbons (Fsp3) is 0.667. The van der Waals surface area contributed by atoms with Crippen molar-refractivity contribution in [3.8, 4) is 0 Å². The number of hydrogen-bond acceptors (Lipinski definition) is 12. The lowest BCUT2D eigenvalue weighted by Crippen LogP contribution is -2.31. The van der Waals surface area contributed by atoms with E-state index in [0.29, 0.717) is 12.8 Å². The number of rotatable bonds is 11. The Morgan fingerprint density at radius 3 is 2.30 bits per heavy atom. The zero-order chi connectivity index (χ0) is 22.6. The van der Waals surface area contributed by atoms with E-state index in [1.165, 1.54) is 6.20 Å². The van der Waals surface area contributed by atoms with E-state index in [9.17, 15) is 28.2 Å². The maximum Gasteiger partial charge on any atom is 0.492 e. The molecule has 2 N–H and O–H groups in total. The second-order valence-electron chi connectivity index (χ2n) is 5.68. The molecule has 172 valence electrons. The molecular weight excluding hydrogens is 473 g/mol. The summed E-state index contributed by atoms with van der Waals surface area (Å²) in [6.07, 6.45) is 0.471. The molecule has 30 heavy (non-hydrogen) atoms. The fourth-order valence-corrected chi connectivity index (χ4v) is 6.48. The molecule has 0 aromatic carbocycles. The van der Waals surface area contributed by atoms with Crippen LogP contribution in [0.4, 0.5) is 0 Å². The van der Waals surface area contributed by atoms with Crippen molar-refractivity contribution in [3.05, 3.63) is 33.1 Å². The van der Waals surface area contributed by atoms with Crippen molar-refractivity contribution in [2.24, 2.45) is 0 Å². The van der Waals surface area contributed by atoms with Gasteiger partial charge < -0.3 is 9.63 Å². The molecule has 0 spiro atoms. The predicted octanol–water partition coefficient (Wildman–Crippen LogP) is 1.52. The van der Waals surface area contributed by atoms with Crippen molar-refractivity contribution in [1.82, 2.24) is 9.55 Å². The summed E-state index contributed by atoms with van der Waals surface area (Å²) < 4.78 is 69.9. The molecule has 1 aromatic rings. The summed E-state index contributed by atoms with van der Waals surface area (Å²) in [5.41, 5.74) is -1.24. The minimum Gasteiger partial charge on any atom is -0.352 e. The number of aromatic amines is 1. The average Bonchev–Trinajstić information content (AvgIpc) is 3.14. The molecule has 0 saturated carbocycles. The molecule has 15 nitrogen and oxygen atoms in total. The second-order valence-corrected chi connectivity index (χ2v) is 11.1. The van der Waals surface area contributed by atoms with Crippen LogP contribution in [0.5, 0.6) is 0 Å². The Labute approximate surface area is 170 Å². The van der Waals surface area contributed by atoms with Gasteiger partial charge in [-0.05, 0) is 12.8 Å². The molecule has 1 aliphatic rings.